The van der Waals surface area contributed by atoms with E-state index >= 15 is 0 Å². The van der Waals surface area contributed by atoms with Gasteiger partial charge in [-0.3, -0.25) is 0 Å². The molecule has 0 radical (unpaired) electrons. The van der Waals surface area contributed by atoms with Crippen LogP contribution in [0.2, 0.25) is 0 Å². The zero-order valence-electron chi connectivity index (χ0n) is 7.27. The standard InChI is InChI=1S/C9H14N2O2/c10-7-1-2-8(9(11)5-13)6(3-7)4-12/h1-3,9,12-13H,4-5,10-11H2/t9-/m1/s1. The van der Waals surface area contributed by atoms with Crippen LogP contribution in [0.3, 0.4) is 0 Å². The lowest BCUT2D eigenvalue weighted by Crippen LogP contribution is -2.16. The summed E-state index contributed by atoms with van der Waals surface area (Å²) in [5, 5.41) is 17.8. The Morgan fingerprint density at radius 1 is 1.31 bits per heavy atom. The van der Waals surface area contributed by atoms with Crippen LogP contribution in [0.5, 0.6) is 0 Å². The minimum Gasteiger partial charge on any atom is -0.399 e. The quantitative estimate of drug-likeness (QED) is 0.485. The van der Waals surface area contributed by atoms with Crippen LogP contribution in [0, 0.1) is 0 Å². The maximum absolute atomic E-state index is 8.99. The largest absolute Gasteiger partial charge is 0.399 e. The lowest BCUT2D eigenvalue weighted by atomic mass is 10.0. The van der Waals surface area contributed by atoms with Gasteiger partial charge in [-0.1, -0.05) is 6.07 Å². The number of nitrogens with two attached hydrogens (primary N) is 2. The van der Waals surface area contributed by atoms with Gasteiger partial charge in [-0.05, 0) is 23.3 Å². The minimum absolute atomic E-state index is 0.117. The molecule has 1 aromatic carbocycles. The molecular formula is C9H14N2O2. The summed E-state index contributed by atoms with van der Waals surface area (Å²) in [6.45, 7) is -0.259. The van der Waals surface area contributed by atoms with Crippen LogP contribution in [-0.4, -0.2) is 16.8 Å². The van der Waals surface area contributed by atoms with Crippen LogP contribution in [0.25, 0.3) is 0 Å². The molecule has 0 saturated heterocycles. The Labute approximate surface area is 76.8 Å². The molecule has 0 amide bonds. The molecule has 0 aromatic heterocycles. The molecule has 0 aliphatic heterocycles. The van der Waals surface area contributed by atoms with Crippen LogP contribution in [-0.2, 0) is 6.61 Å². The highest BCUT2D eigenvalue weighted by Gasteiger charge is 2.09. The fourth-order valence-electron chi connectivity index (χ4n) is 1.22. The monoisotopic (exact) mass is 182 g/mol. The summed E-state index contributed by atoms with van der Waals surface area (Å²) in [5.41, 5.74) is 13.1. The highest BCUT2D eigenvalue weighted by molar-refractivity contribution is 5.45. The highest BCUT2D eigenvalue weighted by Crippen LogP contribution is 2.18. The third-order valence-electron chi connectivity index (χ3n) is 1.93. The molecule has 0 unspecified atom stereocenters. The fourth-order valence-corrected chi connectivity index (χ4v) is 1.22. The molecule has 4 heteroatoms. The molecule has 0 bridgehead atoms. The first kappa shape index (κ1) is 9.98. The first-order valence-corrected chi connectivity index (χ1v) is 4.04. The zero-order chi connectivity index (χ0) is 9.84. The molecule has 1 aromatic rings. The molecular weight excluding hydrogens is 168 g/mol. The molecule has 13 heavy (non-hydrogen) atoms. The summed E-state index contributed by atoms with van der Waals surface area (Å²) in [5.74, 6) is 0. The summed E-state index contributed by atoms with van der Waals surface area (Å²) in [6, 6.07) is 4.62. The van der Waals surface area contributed by atoms with E-state index < -0.39 is 6.04 Å². The van der Waals surface area contributed by atoms with E-state index in [1.807, 2.05) is 0 Å². The van der Waals surface area contributed by atoms with Crippen molar-refractivity contribution in [1.82, 2.24) is 0 Å². The summed E-state index contributed by atoms with van der Waals surface area (Å²) in [4.78, 5) is 0. The smallest absolute Gasteiger partial charge is 0.0685 e. The van der Waals surface area contributed by atoms with Crippen molar-refractivity contribution in [2.45, 2.75) is 12.6 Å². The van der Waals surface area contributed by atoms with E-state index in [0.717, 1.165) is 5.56 Å². The fraction of sp³-hybridized carbons (Fsp3) is 0.333. The maximum Gasteiger partial charge on any atom is 0.0685 e. The predicted octanol–water partition coefficient (Wildman–Crippen LogP) is -0.247. The third kappa shape index (κ3) is 2.18. The SMILES string of the molecule is Nc1ccc([C@H](N)CO)c(CO)c1. The lowest BCUT2D eigenvalue weighted by molar-refractivity contribution is 0.259. The van der Waals surface area contributed by atoms with E-state index in [-0.39, 0.29) is 13.2 Å². The van der Waals surface area contributed by atoms with E-state index in [4.69, 9.17) is 21.7 Å². The molecule has 4 nitrogen and oxygen atoms in total. The lowest BCUT2D eigenvalue weighted by Gasteiger charge is -2.13. The number of nitrogen functional groups attached to an aromatic ring is 1. The van der Waals surface area contributed by atoms with Crippen molar-refractivity contribution in [2.24, 2.45) is 5.73 Å². The topological polar surface area (TPSA) is 92.5 Å². The van der Waals surface area contributed by atoms with Crippen molar-refractivity contribution in [2.75, 3.05) is 12.3 Å². The van der Waals surface area contributed by atoms with Crippen LogP contribution < -0.4 is 11.5 Å². The van der Waals surface area contributed by atoms with Gasteiger partial charge in [0.25, 0.3) is 0 Å². The Kier molecular flexibility index (Phi) is 3.25. The maximum atomic E-state index is 8.99. The minimum atomic E-state index is -0.456. The zero-order valence-corrected chi connectivity index (χ0v) is 7.27. The van der Waals surface area contributed by atoms with Gasteiger partial charge in [0, 0.05) is 5.69 Å². The van der Waals surface area contributed by atoms with Crippen molar-refractivity contribution < 1.29 is 10.2 Å². The second kappa shape index (κ2) is 4.23. The molecule has 0 saturated carbocycles. The van der Waals surface area contributed by atoms with E-state index in [1.165, 1.54) is 0 Å². The molecule has 0 heterocycles. The molecule has 0 spiro atoms. The van der Waals surface area contributed by atoms with Gasteiger partial charge < -0.3 is 21.7 Å². The molecule has 72 valence electrons. The Morgan fingerprint density at radius 2 is 2.00 bits per heavy atom. The average molecular weight is 182 g/mol. The van der Waals surface area contributed by atoms with Gasteiger partial charge in [-0.15, -0.1) is 0 Å². The van der Waals surface area contributed by atoms with Gasteiger partial charge in [0.1, 0.15) is 0 Å². The Morgan fingerprint density at radius 3 is 2.54 bits per heavy atom. The van der Waals surface area contributed by atoms with Crippen LogP contribution in [0.1, 0.15) is 17.2 Å². The van der Waals surface area contributed by atoms with Gasteiger partial charge in [-0.2, -0.15) is 0 Å². The van der Waals surface area contributed by atoms with E-state index in [1.54, 1.807) is 18.2 Å². The summed E-state index contributed by atoms with van der Waals surface area (Å²) < 4.78 is 0. The number of anilines is 1. The summed E-state index contributed by atoms with van der Waals surface area (Å²) in [6.07, 6.45) is 0. The van der Waals surface area contributed by atoms with Crippen molar-refractivity contribution >= 4 is 5.69 Å². The first-order valence-electron chi connectivity index (χ1n) is 4.04. The van der Waals surface area contributed by atoms with E-state index in [0.29, 0.717) is 11.3 Å². The second-order valence-electron chi connectivity index (χ2n) is 2.91. The van der Waals surface area contributed by atoms with Crippen LogP contribution in [0.15, 0.2) is 18.2 Å². The van der Waals surface area contributed by atoms with E-state index in [2.05, 4.69) is 0 Å². The van der Waals surface area contributed by atoms with Crippen molar-refractivity contribution in [3.63, 3.8) is 0 Å². The number of rotatable bonds is 3. The van der Waals surface area contributed by atoms with Crippen LogP contribution >= 0.6 is 0 Å². The Bertz CT molecular complexity index is 289. The molecule has 0 aliphatic carbocycles. The summed E-state index contributed by atoms with van der Waals surface area (Å²) in [7, 11) is 0. The highest BCUT2D eigenvalue weighted by atomic mass is 16.3. The number of hydrogen-bond donors (Lipinski definition) is 4. The Balaban J connectivity index is 3.05. The number of aliphatic hydroxyl groups is 2. The van der Waals surface area contributed by atoms with Gasteiger partial charge in [-0.25, -0.2) is 0 Å². The second-order valence-corrected chi connectivity index (χ2v) is 2.91. The van der Waals surface area contributed by atoms with Crippen molar-refractivity contribution in [3.05, 3.63) is 29.3 Å². The number of benzene rings is 1. The van der Waals surface area contributed by atoms with Gasteiger partial charge >= 0.3 is 0 Å². The van der Waals surface area contributed by atoms with Gasteiger partial charge in [0.05, 0.1) is 19.3 Å². The molecule has 0 fully saturated rings. The van der Waals surface area contributed by atoms with Crippen molar-refractivity contribution in [1.29, 1.82) is 0 Å². The normalized spacial score (nSPS) is 12.8. The van der Waals surface area contributed by atoms with Crippen LogP contribution in [0.4, 0.5) is 5.69 Å². The first-order chi connectivity index (χ1) is 6.19. The summed E-state index contributed by atoms with van der Waals surface area (Å²) >= 11 is 0. The average Bonchev–Trinajstić information content (AvgIpc) is 2.16. The number of aliphatic hydroxyl groups excluding tert-OH is 2. The van der Waals surface area contributed by atoms with Gasteiger partial charge in [0.2, 0.25) is 0 Å². The predicted molar refractivity (Wildman–Crippen MR) is 50.8 cm³/mol. The Hall–Kier alpha value is -1.10. The molecule has 1 atom stereocenters. The van der Waals surface area contributed by atoms with E-state index in [9.17, 15) is 0 Å². The molecule has 0 aliphatic rings. The molecule has 1 rings (SSSR count). The van der Waals surface area contributed by atoms with Crippen molar-refractivity contribution in [3.8, 4) is 0 Å². The molecule has 6 N–H and O–H groups in total. The number of hydrogen-bond acceptors (Lipinski definition) is 4. The third-order valence-corrected chi connectivity index (χ3v) is 1.93. The van der Waals surface area contributed by atoms with Gasteiger partial charge in [0.15, 0.2) is 0 Å².